The van der Waals surface area contributed by atoms with Crippen molar-refractivity contribution in [2.24, 2.45) is 11.5 Å². The maximum Gasteiger partial charge on any atom is 0.0572 e. The number of para-hydroxylation sites is 1. The van der Waals surface area contributed by atoms with E-state index in [4.69, 9.17) is 11.5 Å². The van der Waals surface area contributed by atoms with Gasteiger partial charge < -0.3 is 16.0 Å². The van der Waals surface area contributed by atoms with E-state index in [0.29, 0.717) is 0 Å². The van der Waals surface area contributed by atoms with Crippen LogP contribution in [0.5, 0.6) is 0 Å². The second kappa shape index (κ2) is 16.2. The molecule has 0 atom stereocenters. The molecule has 3 heteroatoms. The van der Waals surface area contributed by atoms with Gasteiger partial charge in [-0.3, -0.25) is 0 Å². The minimum atomic E-state index is 0.915. The summed E-state index contributed by atoms with van der Waals surface area (Å²) in [4.78, 5) is 0. The van der Waals surface area contributed by atoms with Crippen LogP contribution in [-0.4, -0.2) is 4.57 Å². The van der Waals surface area contributed by atoms with E-state index in [2.05, 4.69) is 130 Å². The van der Waals surface area contributed by atoms with Crippen LogP contribution in [0.25, 0.3) is 45.8 Å². The third-order valence-electron chi connectivity index (χ3n) is 8.82. The van der Waals surface area contributed by atoms with E-state index in [-0.39, 0.29) is 0 Å². The highest BCUT2D eigenvalue weighted by molar-refractivity contribution is 5.84. The summed E-state index contributed by atoms with van der Waals surface area (Å²) < 4.78 is 2.35. The quantitative estimate of drug-likeness (QED) is 0.153. The van der Waals surface area contributed by atoms with Crippen molar-refractivity contribution in [1.29, 1.82) is 0 Å². The summed E-state index contributed by atoms with van der Waals surface area (Å²) in [5, 5.41) is 0. The smallest absolute Gasteiger partial charge is 0.0572 e. The van der Waals surface area contributed by atoms with Crippen molar-refractivity contribution < 1.29 is 0 Å². The Labute approximate surface area is 287 Å². The molecule has 0 spiro atoms. The standard InChI is InChI=1S/C45H47N3/c1-9-35(10-2)38-20-22-39(23-21-38)40-24-25-43(37(12-4)28-40)45-34(8)33(7)44(48(45)42-18-14-13-15-19-42)29-36(11-3)32(6)27-41(30-47)31(5)17-16-26-46/h9-30H,1,3-4,46-47H2,2,5-8H3/b26-16-,31-17+,32-27+,35-10+,36-29+,41-30+. The van der Waals surface area contributed by atoms with E-state index in [1.165, 1.54) is 17.3 Å². The first-order chi connectivity index (χ1) is 23.2. The van der Waals surface area contributed by atoms with Crippen molar-refractivity contribution in [2.75, 3.05) is 0 Å². The number of hydrogen-bond acceptors (Lipinski definition) is 2. The molecule has 0 saturated heterocycles. The molecule has 0 fully saturated rings. The van der Waals surface area contributed by atoms with Crippen molar-refractivity contribution in [3.8, 4) is 28.1 Å². The van der Waals surface area contributed by atoms with Crippen molar-refractivity contribution >= 4 is 17.7 Å². The van der Waals surface area contributed by atoms with Gasteiger partial charge in [0.15, 0.2) is 0 Å². The third-order valence-corrected chi connectivity index (χ3v) is 8.82. The highest BCUT2D eigenvalue weighted by Crippen LogP contribution is 2.39. The summed E-state index contributed by atoms with van der Waals surface area (Å²) in [6.45, 7) is 22.9. The molecule has 0 amide bonds. The van der Waals surface area contributed by atoms with E-state index in [9.17, 15) is 0 Å². The normalized spacial score (nSPS) is 13.2. The van der Waals surface area contributed by atoms with Crippen LogP contribution >= 0.6 is 0 Å². The minimum Gasteiger partial charge on any atom is -0.405 e. The first-order valence-electron chi connectivity index (χ1n) is 16.2. The van der Waals surface area contributed by atoms with Crippen LogP contribution in [0.3, 0.4) is 0 Å². The summed E-state index contributed by atoms with van der Waals surface area (Å²) in [5.41, 5.74) is 28.0. The highest BCUT2D eigenvalue weighted by atomic mass is 15.0. The highest BCUT2D eigenvalue weighted by Gasteiger charge is 2.21. The molecule has 4 N–H and O–H groups in total. The summed E-state index contributed by atoms with van der Waals surface area (Å²) in [5.74, 6) is 0. The fourth-order valence-corrected chi connectivity index (χ4v) is 5.94. The summed E-state index contributed by atoms with van der Waals surface area (Å²) in [6, 6.07) is 25.8. The van der Waals surface area contributed by atoms with Gasteiger partial charge in [0.1, 0.15) is 0 Å². The fraction of sp³-hybridized carbons (Fsp3) is 0.111. The van der Waals surface area contributed by atoms with Crippen LogP contribution in [0.4, 0.5) is 0 Å². The second-order valence-electron chi connectivity index (χ2n) is 11.7. The zero-order chi connectivity index (χ0) is 34.8. The van der Waals surface area contributed by atoms with E-state index < -0.39 is 0 Å². The molecule has 48 heavy (non-hydrogen) atoms. The van der Waals surface area contributed by atoms with Crippen molar-refractivity contribution in [3.63, 3.8) is 0 Å². The van der Waals surface area contributed by atoms with Gasteiger partial charge in [-0.2, -0.15) is 0 Å². The number of aromatic nitrogens is 1. The van der Waals surface area contributed by atoms with Crippen LogP contribution in [0.1, 0.15) is 48.7 Å². The summed E-state index contributed by atoms with van der Waals surface area (Å²) in [7, 11) is 0. The SMILES string of the molecule is C=CC(=C\c1c(C)c(C)c(-c2ccc(-c3ccc(/C(C=C)=C/C)cc3)cc2C=C)n1-c1ccccc1)/C(C)=C/C(=C\N)C(/C)=C/C=C\N. The van der Waals surface area contributed by atoms with Gasteiger partial charge in [-0.1, -0.05) is 105 Å². The molecule has 3 aromatic carbocycles. The second-order valence-corrected chi connectivity index (χ2v) is 11.7. The molecule has 0 unspecified atom stereocenters. The summed E-state index contributed by atoms with van der Waals surface area (Å²) >= 11 is 0. The molecule has 0 aliphatic rings. The molecular formula is C45H47N3. The summed E-state index contributed by atoms with van der Waals surface area (Å²) in [6.07, 6.45) is 19.0. The molecule has 0 saturated carbocycles. The first-order valence-corrected chi connectivity index (χ1v) is 16.2. The number of rotatable bonds is 12. The third kappa shape index (κ3) is 7.43. The van der Waals surface area contributed by atoms with E-state index in [1.807, 2.05) is 44.2 Å². The van der Waals surface area contributed by atoms with Crippen LogP contribution in [0.2, 0.25) is 0 Å². The van der Waals surface area contributed by atoms with Crippen molar-refractivity contribution in [3.05, 3.63) is 192 Å². The van der Waals surface area contributed by atoms with Gasteiger partial charge in [-0.05, 0) is 138 Å². The van der Waals surface area contributed by atoms with Crippen LogP contribution in [0, 0.1) is 13.8 Å². The minimum absolute atomic E-state index is 0.915. The molecule has 242 valence electrons. The van der Waals surface area contributed by atoms with E-state index in [1.54, 1.807) is 12.3 Å². The Hall–Kier alpha value is -5.80. The van der Waals surface area contributed by atoms with Gasteiger partial charge in [0.2, 0.25) is 0 Å². The van der Waals surface area contributed by atoms with Gasteiger partial charge in [-0.25, -0.2) is 0 Å². The lowest BCUT2D eigenvalue weighted by Gasteiger charge is -2.17. The average Bonchev–Trinajstić information content (AvgIpc) is 3.37. The fourth-order valence-electron chi connectivity index (χ4n) is 5.94. The van der Waals surface area contributed by atoms with Gasteiger partial charge >= 0.3 is 0 Å². The molecule has 0 aliphatic carbocycles. The van der Waals surface area contributed by atoms with Crippen LogP contribution in [0.15, 0.2) is 164 Å². The predicted octanol–water partition coefficient (Wildman–Crippen LogP) is 11.4. The van der Waals surface area contributed by atoms with Crippen LogP contribution in [-0.2, 0) is 0 Å². The number of allylic oxidation sites excluding steroid dienone is 11. The largest absolute Gasteiger partial charge is 0.405 e. The maximum atomic E-state index is 6.04. The molecule has 1 heterocycles. The van der Waals surface area contributed by atoms with Gasteiger partial charge in [-0.15, -0.1) is 0 Å². The maximum absolute atomic E-state index is 6.04. The Morgan fingerprint density at radius 2 is 1.46 bits per heavy atom. The molecular weight excluding hydrogens is 583 g/mol. The Kier molecular flexibility index (Phi) is 11.8. The predicted molar refractivity (Wildman–Crippen MR) is 211 cm³/mol. The Morgan fingerprint density at radius 3 is 2.04 bits per heavy atom. The van der Waals surface area contributed by atoms with Gasteiger partial charge in [0.25, 0.3) is 0 Å². The van der Waals surface area contributed by atoms with E-state index in [0.717, 1.165) is 72.8 Å². The van der Waals surface area contributed by atoms with Gasteiger partial charge in [0, 0.05) is 17.5 Å². The average molecular weight is 630 g/mol. The zero-order valence-corrected chi connectivity index (χ0v) is 28.9. The number of nitrogens with zero attached hydrogens (tertiary/aromatic N) is 1. The van der Waals surface area contributed by atoms with Crippen LogP contribution < -0.4 is 11.5 Å². The lowest BCUT2D eigenvalue weighted by molar-refractivity contribution is 1.06. The van der Waals surface area contributed by atoms with E-state index >= 15 is 0 Å². The van der Waals surface area contributed by atoms with Gasteiger partial charge in [0.05, 0.1) is 11.4 Å². The zero-order valence-electron chi connectivity index (χ0n) is 28.9. The van der Waals surface area contributed by atoms with Crippen molar-refractivity contribution in [1.82, 2.24) is 4.57 Å². The first kappa shape index (κ1) is 35.1. The Balaban J connectivity index is 1.91. The molecule has 1 aromatic heterocycles. The number of hydrogen-bond donors (Lipinski definition) is 2. The molecule has 4 aromatic rings. The molecule has 3 nitrogen and oxygen atoms in total. The lowest BCUT2D eigenvalue weighted by atomic mass is 9.94. The molecule has 0 radical (unpaired) electrons. The number of nitrogens with two attached hydrogens (primary N) is 2. The topological polar surface area (TPSA) is 57.0 Å². The number of benzene rings is 3. The monoisotopic (exact) mass is 629 g/mol. The molecule has 0 aliphatic heterocycles. The molecule has 4 rings (SSSR count). The Morgan fingerprint density at radius 1 is 0.771 bits per heavy atom. The lowest BCUT2D eigenvalue weighted by Crippen LogP contribution is -2.02. The Bertz CT molecular complexity index is 2000. The van der Waals surface area contributed by atoms with Crippen molar-refractivity contribution in [2.45, 2.75) is 34.6 Å². The molecule has 0 bridgehead atoms.